The first-order chi connectivity index (χ1) is 20.7. The van der Waals surface area contributed by atoms with Gasteiger partial charge in [-0.25, -0.2) is 15.2 Å². The maximum atomic E-state index is 12.0. The molecule has 0 aromatic carbocycles. The molecule has 43 heavy (non-hydrogen) atoms. The predicted molar refractivity (Wildman–Crippen MR) is 169 cm³/mol. The van der Waals surface area contributed by atoms with E-state index in [1.807, 2.05) is 6.92 Å². The Hall–Kier alpha value is -1.50. The summed E-state index contributed by atoms with van der Waals surface area (Å²) in [6.07, 6.45) is 14.7. The summed E-state index contributed by atoms with van der Waals surface area (Å²) >= 11 is 0. The molecular formula is C32H62N6O5. The zero-order valence-corrected chi connectivity index (χ0v) is 27.6. The van der Waals surface area contributed by atoms with Gasteiger partial charge in [0.15, 0.2) is 0 Å². The maximum Gasteiger partial charge on any atom is 0.315 e. The van der Waals surface area contributed by atoms with Crippen molar-refractivity contribution in [3.63, 3.8) is 0 Å². The summed E-state index contributed by atoms with van der Waals surface area (Å²) in [5.74, 6) is 0.0611. The molecular weight excluding hydrogens is 548 g/mol. The topological polar surface area (TPSA) is 125 Å². The summed E-state index contributed by atoms with van der Waals surface area (Å²) in [5, 5.41) is 11.1. The third-order valence-corrected chi connectivity index (χ3v) is 9.22. The van der Waals surface area contributed by atoms with Crippen molar-refractivity contribution in [2.24, 2.45) is 5.41 Å². The second kappa shape index (κ2) is 19.1. The highest BCUT2D eigenvalue weighted by Crippen LogP contribution is 2.42. The Morgan fingerprint density at radius 2 is 1.51 bits per heavy atom. The standard InChI is InChI=1S/C32H62N6O5/c1-26-27(35-30(40)34-26)14-10-9-11-15-28(39)33-18-20-41-22-24-43-25-23-42-21-19-38-32(29(36-37-38)31(2,3)4)16-12-7-5-6-8-13-17-32/h26-27,29,36-37H,5-25H2,1-4H3,(H,33,39)(H2,34,35,40)/t26-,27+,29?/m0/s1. The van der Waals surface area contributed by atoms with Crippen molar-refractivity contribution in [2.45, 2.75) is 135 Å². The van der Waals surface area contributed by atoms with Crippen molar-refractivity contribution < 1.29 is 23.8 Å². The normalized spacial score (nSPS) is 24.7. The van der Waals surface area contributed by atoms with Gasteiger partial charge in [-0.05, 0) is 38.0 Å². The molecule has 1 aliphatic carbocycles. The first-order valence-corrected chi connectivity index (χ1v) is 17.1. The van der Waals surface area contributed by atoms with E-state index in [2.05, 4.69) is 52.7 Å². The van der Waals surface area contributed by atoms with Crippen molar-refractivity contribution in [3.05, 3.63) is 0 Å². The lowest BCUT2D eigenvalue weighted by Gasteiger charge is -2.45. The zero-order valence-electron chi connectivity index (χ0n) is 27.6. The van der Waals surface area contributed by atoms with Gasteiger partial charge in [0.05, 0.1) is 51.2 Å². The van der Waals surface area contributed by atoms with Gasteiger partial charge in [0.25, 0.3) is 0 Å². The smallest absolute Gasteiger partial charge is 0.315 e. The third-order valence-electron chi connectivity index (χ3n) is 9.22. The van der Waals surface area contributed by atoms with E-state index in [0.29, 0.717) is 58.6 Å². The molecule has 3 fully saturated rings. The van der Waals surface area contributed by atoms with E-state index >= 15 is 0 Å². The Balaban J connectivity index is 1.15. The Morgan fingerprint density at radius 3 is 2.14 bits per heavy atom. The van der Waals surface area contributed by atoms with Gasteiger partial charge in [0, 0.05) is 31.6 Å². The molecule has 0 bridgehead atoms. The average Bonchev–Trinajstić information content (AvgIpc) is 3.52. The number of rotatable bonds is 18. The lowest BCUT2D eigenvalue weighted by atomic mass is 9.70. The summed E-state index contributed by atoms with van der Waals surface area (Å²) in [6, 6.07) is 0.687. The molecule has 3 amide bonds. The molecule has 2 aliphatic heterocycles. The Morgan fingerprint density at radius 1 is 0.884 bits per heavy atom. The lowest BCUT2D eigenvalue weighted by molar-refractivity contribution is -0.121. The minimum atomic E-state index is -0.0822. The molecule has 0 aromatic rings. The molecule has 3 rings (SSSR count). The minimum Gasteiger partial charge on any atom is -0.378 e. The Kier molecular flexibility index (Phi) is 16.0. The largest absolute Gasteiger partial charge is 0.378 e. The lowest BCUT2D eigenvalue weighted by Crippen LogP contribution is -2.57. The number of urea groups is 1. The Labute approximate surface area is 260 Å². The van der Waals surface area contributed by atoms with Crippen molar-refractivity contribution in [2.75, 3.05) is 52.7 Å². The Bertz CT molecular complexity index is 800. The number of unbranched alkanes of at least 4 members (excludes halogenated alkanes) is 2. The van der Waals surface area contributed by atoms with Crippen molar-refractivity contribution in [3.8, 4) is 0 Å². The van der Waals surface area contributed by atoms with E-state index in [4.69, 9.17) is 14.2 Å². The summed E-state index contributed by atoms with van der Waals surface area (Å²) in [6.45, 7) is 13.7. The molecule has 0 aromatic heterocycles. The van der Waals surface area contributed by atoms with Crippen LogP contribution in [0.4, 0.5) is 4.79 Å². The van der Waals surface area contributed by atoms with Crippen LogP contribution in [0.15, 0.2) is 0 Å². The molecule has 11 nitrogen and oxygen atoms in total. The molecule has 1 unspecified atom stereocenters. The SMILES string of the molecule is C[C@@H]1NC(=O)N[C@@H]1CCCCCC(=O)NCCOCCOCCOCCN1NNC(C(C)(C)C)C12CCCCCCCC2. The van der Waals surface area contributed by atoms with E-state index < -0.39 is 0 Å². The number of nitrogens with zero attached hydrogens (tertiary/aromatic N) is 1. The van der Waals surface area contributed by atoms with Crippen molar-refractivity contribution >= 4 is 11.9 Å². The van der Waals surface area contributed by atoms with E-state index in [-0.39, 0.29) is 35.0 Å². The minimum absolute atomic E-state index is 0.0611. The van der Waals surface area contributed by atoms with Crippen LogP contribution in [0.2, 0.25) is 0 Å². The molecule has 3 atom stereocenters. The van der Waals surface area contributed by atoms with Gasteiger partial charge in [-0.15, -0.1) is 0 Å². The third kappa shape index (κ3) is 12.4. The molecule has 5 N–H and O–H groups in total. The van der Waals surface area contributed by atoms with Gasteiger partial charge >= 0.3 is 6.03 Å². The second-order valence-corrected chi connectivity index (χ2v) is 13.7. The van der Waals surface area contributed by atoms with Crippen LogP contribution >= 0.6 is 0 Å². The van der Waals surface area contributed by atoms with E-state index in [1.165, 1.54) is 51.4 Å². The van der Waals surface area contributed by atoms with Crippen LogP contribution in [-0.2, 0) is 19.0 Å². The number of carbonyl (C=O) groups excluding carboxylic acids is 2. The van der Waals surface area contributed by atoms with Crippen LogP contribution < -0.4 is 26.9 Å². The number of nitrogens with one attached hydrogen (secondary N) is 5. The average molecular weight is 611 g/mol. The number of ether oxygens (including phenoxy) is 3. The highest BCUT2D eigenvalue weighted by molar-refractivity contribution is 5.77. The zero-order chi connectivity index (χ0) is 31.0. The summed E-state index contributed by atoms with van der Waals surface area (Å²) in [5.41, 5.74) is 7.47. The number of hydrogen-bond acceptors (Lipinski definition) is 8. The molecule has 1 saturated carbocycles. The van der Waals surface area contributed by atoms with E-state index in [0.717, 1.165) is 32.2 Å². The fourth-order valence-electron chi connectivity index (χ4n) is 6.94. The molecule has 0 radical (unpaired) electrons. The first kappa shape index (κ1) is 36.0. The molecule has 11 heteroatoms. The predicted octanol–water partition coefficient (Wildman–Crippen LogP) is 3.79. The van der Waals surface area contributed by atoms with Crippen LogP contribution in [-0.4, -0.2) is 93.3 Å². The van der Waals surface area contributed by atoms with Gasteiger partial charge in [-0.2, -0.15) is 5.53 Å². The molecule has 2 saturated heterocycles. The first-order valence-electron chi connectivity index (χ1n) is 17.1. The number of hydrogen-bond donors (Lipinski definition) is 5. The van der Waals surface area contributed by atoms with Gasteiger partial charge in [0.2, 0.25) is 5.91 Å². The van der Waals surface area contributed by atoms with Gasteiger partial charge in [0.1, 0.15) is 0 Å². The monoisotopic (exact) mass is 610 g/mol. The van der Waals surface area contributed by atoms with Crippen LogP contribution in [0.1, 0.15) is 111 Å². The number of carbonyl (C=O) groups is 2. The highest BCUT2D eigenvalue weighted by atomic mass is 16.5. The van der Waals surface area contributed by atoms with Crippen LogP contribution in [0, 0.1) is 5.41 Å². The summed E-state index contributed by atoms with van der Waals surface area (Å²) < 4.78 is 17.2. The fourth-order valence-corrected chi connectivity index (χ4v) is 6.94. The van der Waals surface area contributed by atoms with E-state index in [1.54, 1.807) is 0 Å². The fraction of sp³-hybridized carbons (Fsp3) is 0.938. The van der Waals surface area contributed by atoms with Crippen molar-refractivity contribution in [1.82, 2.24) is 31.9 Å². The van der Waals surface area contributed by atoms with Gasteiger partial charge in [-0.1, -0.05) is 72.1 Å². The molecule has 1 spiro atoms. The summed E-state index contributed by atoms with van der Waals surface area (Å²) in [4.78, 5) is 23.3. The molecule has 3 aliphatic rings. The van der Waals surface area contributed by atoms with Gasteiger partial charge < -0.3 is 30.2 Å². The van der Waals surface area contributed by atoms with Crippen LogP contribution in [0.5, 0.6) is 0 Å². The van der Waals surface area contributed by atoms with Crippen LogP contribution in [0.25, 0.3) is 0 Å². The number of amides is 3. The highest BCUT2D eigenvalue weighted by Gasteiger charge is 2.52. The molecule has 2 heterocycles. The second-order valence-electron chi connectivity index (χ2n) is 13.7. The quantitative estimate of drug-likeness (QED) is 0.149. The van der Waals surface area contributed by atoms with Crippen molar-refractivity contribution in [1.29, 1.82) is 0 Å². The molecule has 250 valence electrons. The van der Waals surface area contributed by atoms with Gasteiger partial charge in [-0.3, -0.25) is 4.79 Å². The number of hydrazine groups is 2. The van der Waals surface area contributed by atoms with Crippen LogP contribution in [0.3, 0.4) is 0 Å². The summed E-state index contributed by atoms with van der Waals surface area (Å²) in [7, 11) is 0. The maximum absolute atomic E-state index is 12.0. The van der Waals surface area contributed by atoms with E-state index in [9.17, 15) is 9.59 Å².